The number of hydrogen-bond donors (Lipinski definition) is 1. The molecule has 1 heterocycles. The van der Waals surface area contributed by atoms with E-state index in [1.54, 1.807) is 13.8 Å². The first-order valence-electron chi connectivity index (χ1n) is 6.07. The Morgan fingerprint density at radius 2 is 1.27 bits per heavy atom. The van der Waals surface area contributed by atoms with E-state index in [-0.39, 0.29) is 31.2 Å². The molecule has 0 aromatic heterocycles. The van der Waals surface area contributed by atoms with Gasteiger partial charge in [0.05, 0.1) is 31.2 Å². The number of amides is 2. The van der Waals surface area contributed by atoms with Crippen LogP contribution in [0.1, 0.15) is 34.6 Å². The van der Waals surface area contributed by atoms with E-state index in [2.05, 4.69) is 0 Å². The molecule has 118 valence electrons. The fourth-order valence-electron chi connectivity index (χ4n) is 2.31. The SMILES string of the molecule is CC(C)[C@@H](C(=O)O)N1C(=O)c2c(Cl)c(Cl)c(Cl)c(Cl)c2C1=O. The van der Waals surface area contributed by atoms with Crippen molar-refractivity contribution in [3.63, 3.8) is 0 Å². The van der Waals surface area contributed by atoms with Crippen molar-refractivity contribution in [2.24, 2.45) is 5.92 Å². The predicted octanol–water partition coefficient (Wildman–Crippen LogP) is 4.01. The number of nitrogens with zero attached hydrogens (tertiary/aromatic N) is 1. The van der Waals surface area contributed by atoms with Crippen LogP contribution < -0.4 is 0 Å². The van der Waals surface area contributed by atoms with Gasteiger partial charge in [-0.1, -0.05) is 60.3 Å². The fraction of sp³-hybridized carbons (Fsp3) is 0.308. The van der Waals surface area contributed by atoms with Crippen molar-refractivity contribution in [1.29, 1.82) is 0 Å². The molecule has 2 amide bonds. The summed E-state index contributed by atoms with van der Waals surface area (Å²) in [5.41, 5.74) is -0.448. The number of carbonyl (C=O) groups is 3. The number of carboxylic acid groups (broad SMARTS) is 1. The first-order chi connectivity index (χ1) is 10.1. The first-order valence-corrected chi connectivity index (χ1v) is 7.59. The Morgan fingerprint density at radius 1 is 0.909 bits per heavy atom. The molecule has 0 spiro atoms. The molecule has 1 aliphatic rings. The minimum absolute atomic E-state index is 0.161. The molecule has 0 saturated carbocycles. The normalized spacial score (nSPS) is 15.5. The van der Waals surface area contributed by atoms with Gasteiger partial charge < -0.3 is 5.11 Å². The number of halogens is 4. The van der Waals surface area contributed by atoms with Gasteiger partial charge in [-0.15, -0.1) is 0 Å². The average molecular weight is 385 g/mol. The molecular weight excluding hydrogens is 376 g/mol. The van der Waals surface area contributed by atoms with Crippen molar-refractivity contribution >= 4 is 64.2 Å². The van der Waals surface area contributed by atoms with Crippen molar-refractivity contribution in [1.82, 2.24) is 4.90 Å². The van der Waals surface area contributed by atoms with E-state index in [0.717, 1.165) is 0 Å². The molecule has 0 radical (unpaired) electrons. The van der Waals surface area contributed by atoms with Crippen LogP contribution in [0.15, 0.2) is 0 Å². The number of aliphatic carboxylic acids is 1. The molecule has 1 atom stereocenters. The van der Waals surface area contributed by atoms with Crippen LogP contribution in [-0.2, 0) is 4.79 Å². The van der Waals surface area contributed by atoms with E-state index < -0.39 is 29.7 Å². The Balaban J connectivity index is 2.71. The molecule has 0 aliphatic carbocycles. The van der Waals surface area contributed by atoms with Crippen molar-refractivity contribution in [3.05, 3.63) is 31.2 Å². The van der Waals surface area contributed by atoms with Crippen molar-refractivity contribution in [2.75, 3.05) is 0 Å². The van der Waals surface area contributed by atoms with Gasteiger partial charge in [0.15, 0.2) is 0 Å². The highest BCUT2D eigenvalue weighted by Gasteiger charge is 2.47. The second-order valence-corrected chi connectivity index (χ2v) is 6.53. The minimum atomic E-state index is -1.35. The van der Waals surface area contributed by atoms with Crippen LogP contribution in [0.5, 0.6) is 0 Å². The molecule has 0 bridgehead atoms. The summed E-state index contributed by atoms with van der Waals surface area (Å²) in [5.74, 6) is -3.53. The van der Waals surface area contributed by atoms with Gasteiger partial charge in [0.2, 0.25) is 0 Å². The summed E-state index contributed by atoms with van der Waals surface area (Å²) < 4.78 is 0. The fourth-order valence-corrected chi connectivity index (χ4v) is 3.33. The van der Waals surface area contributed by atoms with Crippen molar-refractivity contribution in [3.8, 4) is 0 Å². The molecule has 0 unspecified atom stereocenters. The Hall–Kier alpha value is -1.01. The van der Waals surface area contributed by atoms with Crippen LogP contribution in [0.25, 0.3) is 0 Å². The van der Waals surface area contributed by atoms with E-state index in [1.807, 2.05) is 0 Å². The smallest absolute Gasteiger partial charge is 0.327 e. The third-order valence-electron chi connectivity index (χ3n) is 3.30. The molecule has 1 aliphatic heterocycles. The highest BCUT2D eigenvalue weighted by Crippen LogP contribution is 2.45. The summed E-state index contributed by atoms with van der Waals surface area (Å²) >= 11 is 23.7. The maximum atomic E-state index is 12.5. The van der Waals surface area contributed by atoms with Gasteiger partial charge >= 0.3 is 5.97 Å². The molecule has 1 N–H and O–H groups in total. The summed E-state index contributed by atoms with van der Waals surface area (Å²) in [6.07, 6.45) is 0. The zero-order valence-corrected chi connectivity index (χ0v) is 14.3. The van der Waals surface area contributed by atoms with Gasteiger partial charge in [-0.25, -0.2) is 4.79 Å². The maximum Gasteiger partial charge on any atom is 0.327 e. The van der Waals surface area contributed by atoms with Crippen molar-refractivity contribution in [2.45, 2.75) is 19.9 Å². The predicted molar refractivity (Wildman–Crippen MR) is 83.2 cm³/mol. The number of carbonyl (C=O) groups excluding carboxylic acids is 2. The summed E-state index contributed by atoms with van der Waals surface area (Å²) in [7, 11) is 0. The largest absolute Gasteiger partial charge is 0.480 e. The first kappa shape index (κ1) is 17.3. The lowest BCUT2D eigenvalue weighted by Gasteiger charge is -2.25. The van der Waals surface area contributed by atoms with Crippen LogP contribution in [-0.4, -0.2) is 33.8 Å². The second kappa shape index (κ2) is 5.89. The molecule has 2 rings (SSSR count). The van der Waals surface area contributed by atoms with E-state index >= 15 is 0 Å². The van der Waals surface area contributed by atoms with E-state index in [9.17, 15) is 19.5 Å². The molecular formula is C13H9Cl4NO4. The lowest BCUT2D eigenvalue weighted by molar-refractivity contribution is -0.143. The Kier molecular flexibility index (Phi) is 4.64. The van der Waals surface area contributed by atoms with Crippen molar-refractivity contribution < 1.29 is 19.5 Å². The maximum absolute atomic E-state index is 12.5. The molecule has 9 heteroatoms. The Morgan fingerprint density at radius 3 is 1.55 bits per heavy atom. The van der Waals surface area contributed by atoms with Crippen LogP contribution in [0, 0.1) is 5.92 Å². The monoisotopic (exact) mass is 383 g/mol. The highest BCUT2D eigenvalue weighted by molar-refractivity contribution is 6.55. The highest BCUT2D eigenvalue weighted by atomic mass is 35.5. The molecule has 1 aromatic carbocycles. The lowest BCUT2D eigenvalue weighted by atomic mass is 10.0. The molecule has 1 aromatic rings. The number of carboxylic acids is 1. The number of rotatable bonds is 3. The van der Waals surface area contributed by atoms with Crippen LogP contribution in [0.2, 0.25) is 20.1 Å². The Bertz CT molecular complexity index is 670. The topological polar surface area (TPSA) is 74.7 Å². The summed E-state index contributed by atoms with van der Waals surface area (Å²) in [4.78, 5) is 37.0. The van der Waals surface area contributed by atoms with Crippen LogP contribution in [0.3, 0.4) is 0 Å². The van der Waals surface area contributed by atoms with E-state index in [0.29, 0.717) is 4.90 Å². The number of fused-ring (bicyclic) bond motifs is 1. The number of hydrogen-bond acceptors (Lipinski definition) is 3. The zero-order valence-electron chi connectivity index (χ0n) is 11.3. The van der Waals surface area contributed by atoms with Gasteiger partial charge in [0, 0.05) is 0 Å². The van der Waals surface area contributed by atoms with Gasteiger partial charge in [-0.2, -0.15) is 0 Å². The standard InChI is InChI=1S/C13H9Cl4NO4/c1-3(2)10(13(21)22)18-11(19)4-5(12(18)20)7(15)9(17)8(16)6(4)14/h3,10H,1-2H3,(H,21,22)/t10-/m0/s1. The van der Waals surface area contributed by atoms with E-state index in [1.165, 1.54) is 0 Å². The summed E-state index contributed by atoms with van der Waals surface area (Å²) in [6.45, 7) is 3.15. The molecule has 5 nitrogen and oxygen atoms in total. The van der Waals surface area contributed by atoms with Crippen LogP contribution >= 0.6 is 46.4 Å². The van der Waals surface area contributed by atoms with Gasteiger partial charge in [-0.3, -0.25) is 14.5 Å². The number of benzene rings is 1. The Labute approximate surface area is 145 Å². The van der Waals surface area contributed by atoms with Gasteiger partial charge in [0.25, 0.3) is 11.8 Å². The molecule has 0 fully saturated rings. The zero-order chi connectivity index (χ0) is 16.9. The lowest BCUT2D eigenvalue weighted by Crippen LogP contribution is -2.47. The minimum Gasteiger partial charge on any atom is -0.480 e. The number of imide groups is 1. The van der Waals surface area contributed by atoms with Gasteiger partial charge in [0.1, 0.15) is 6.04 Å². The summed E-state index contributed by atoms with van der Waals surface area (Å²) in [6, 6.07) is -1.35. The summed E-state index contributed by atoms with van der Waals surface area (Å²) in [5, 5.41) is 8.54. The second-order valence-electron chi connectivity index (χ2n) is 5.01. The quantitative estimate of drug-likeness (QED) is 0.485. The molecule has 22 heavy (non-hydrogen) atoms. The average Bonchev–Trinajstić information content (AvgIpc) is 2.67. The third-order valence-corrected chi connectivity index (χ3v) is 5.10. The van der Waals surface area contributed by atoms with Gasteiger partial charge in [-0.05, 0) is 5.92 Å². The molecule has 0 saturated heterocycles. The third kappa shape index (κ3) is 2.36. The van der Waals surface area contributed by atoms with E-state index in [4.69, 9.17) is 46.4 Å². The van der Waals surface area contributed by atoms with Crippen LogP contribution in [0.4, 0.5) is 0 Å².